The van der Waals surface area contributed by atoms with Gasteiger partial charge in [-0.2, -0.15) is 0 Å². The van der Waals surface area contributed by atoms with Gasteiger partial charge in [0.15, 0.2) is 0 Å². The summed E-state index contributed by atoms with van der Waals surface area (Å²) in [4.78, 5) is 0. The normalized spacial score (nSPS) is 9.29. The van der Waals surface area contributed by atoms with Gasteiger partial charge in [0, 0.05) is 5.69 Å². The fourth-order valence-electron chi connectivity index (χ4n) is 0.451. The quantitative estimate of drug-likeness (QED) is 0.476. The molecule has 0 saturated heterocycles. The molecule has 0 unspecified atom stereocenters. The van der Waals surface area contributed by atoms with Crippen molar-refractivity contribution in [2.75, 3.05) is 0 Å². The summed E-state index contributed by atoms with van der Waals surface area (Å²) in [5, 5.41) is 10.3. The molecule has 0 aliphatic rings. The van der Waals surface area contributed by atoms with Gasteiger partial charge in [0.1, 0.15) is 0 Å². The van der Waals surface area contributed by atoms with Crippen LogP contribution in [0.4, 0.5) is 0 Å². The Morgan fingerprint density at radius 3 is 2.57 bits per heavy atom. The van der Waals surface area contributed by atoms with Crippen molar-refractivity contribution in [2.45, 2.75) is 6.92 Å². The Hall–Kier alpha value is -0.920. The van der Waals surface area contributed by atoms with E-state index in [0.717, 1.165) is 10.4 Å². The number of rotatable bonds is 0. The number of hydrogen-bond acceptors (Lipinski definition) is 1. The largest absolute Gasteiger partial charge is 0.806 e. The molecule has 38 valence electrons. The van der Waals surface area contributed by atoms with Gasteiger partial charge >= 0.3 is 0 Å². The van der Waals surface area contributed by atoms with Gasteiger partial charge in [-0.1, -0.05) is 0 Å². The predicted molar refractivity (Wildman–Crippen MR) is 27.9 cm³/mol. The van der Waals surface area contributed by atoms with Crippen LogP contribution in [-0.4, -0.2) is 4.73 Å². The molecule has 1 rings (SSSR count). The van der Waals surface area contributed by atoms with Gasteiger partial charge in [-0.05, 0) is 25.3 Å². The molecule has 0 amide bonds. The highest BCUT2D eigenvalue weighted by Gasteiger charge is 1.77. The SMILES string of the molecule is Cc1cccn1[O-]. The average Bonchev–Trinajstić information content (AvgIpc) is 1.91. The first-order valence-corrected chi connectivity index (χ1v) is 2.12. The van der Waals surface area contributed by atoms with Gasteiger partial charge in [-0.15, -0.1) is 0 Å². The summed E-state index contributed by atoms with van der Waals surface area (Å²) < 4.78 is 0.833. The molecule has 0 radical (unpaired) electrons. The number of hydrogen-bond donors (Lipinski definition) is 0. The molecule has 0 aromatic carbocycles. The second-order valence-corrected chi connectivity index (χ2v) is 1.48. The Labute approximate surface area is 42.0 Å². The first-order valence-electron chi connectivity index (χ1n) is 2.12. The zero-order valence-corrected chi connectivity index (χ0v) is 4.09. The van der Waals surface area contributed by atoms with Gasteiger partial charge < -0.3 is 9.94 Å². The second-order valence-electron chi connectivity index (χ2n) is 1.48. The van der Waals surface area contributed by atoms with E-state index in [2.05, 4.69) is 0 Å². The lowest BCUT2D eigenvalue weighted by Gasteiger charge is -2.06. The van der Waals surface area contributed by atoms with E-state index in [1.165, 1.54) is 6.20 Å². The molecule has 0 spiro atoms. The van der Waals surface area contributed by atoms with E-state index >= 15 is 0 Å². The van der Waals surface area contributed by atoms with Crippen LogP contribution in [0.15, 0.2) is 18.3 Å². The van der Waals surface area contributed by atoms with E-state index in [0.29, 0.717) is 0 Å². The lowest BCUT2D eigenvalue weighted by Crippen LogP contribution is -1.82. The van der Waals surface area contributed by atoms with E-state index in [4.69, 9.17) is 0 Å². The molecule has 0 saturated carbocycles. The van der Waals surface area contributed by atoms with Crippen LogP contribution in [0.3, 0.4) is 0 Å². The summed E-state index contributed by atoms with van der Waals surface area (Å²) in [5.74, 6) is 0. The van der Waals surface area contributed by atoms with Gasteiger partial charge in [0.2, 0.25) is 0 Å². The van der Waals surface area contributed by atoms with Crippen LogP contribution in [0, 0.1) is 12.1 Å². The maximum atomic E-state index is 10.3. The zero-order chi connectivity index (χ0) is 5.28. The fraction of sp³-hybridized carbons (Fsp3) is 0.200. The first-order chi connectivity index (χ1) is 3.30. The maximum absolute atomic E-state index is 10.3. The van der Waals surface area contributed by atoms with Gasteiger partial charge in [0.25, 0.3) is 0 Å². The van der Waals surface area contributed by atoms with Crippen molar-refractivity contribution in [3.05, 3.63) is 29.2 Å². The maximum Gasteiger partial charge on any atom is 0.00941 e. The van der Waals surface area contributed by atoms with E-state index < -0.39 is 0 Å². The molecule has 0 fully saturated rings. The van der Waals surface area contributed by atoms with E-state index in [1.807, 2.05) is 0 Å². The van der Waals surface area contributed by atoms with Crippen molar-refractivity contribution in [1.82, 2.24) is 4.73 Å². The topological polar surface area (TPSA) is 28.0 Å². The minimum absolute atomic E-state index is 0.750. The molecule has 1 aromatic heterocycles. The van der Waals surface area contributed by atoms with Crippen LogP contribution in [0.25, 0.3) is 0 Å². The predicted octanol–water partition coefficient (Wildman–Crippen LogP) is 1.14. The monoisotopic (exact) mass is 96.0 g/mol. The third-order valence-electron chi connectivity index (χ3n) is 0.907. The van der Waals surface area contributed by atoms with Crippen molar-refractivity contribution in [3.8, 4) is 0 Å². The number of aromatic nitrogens is 1. The van der Waals surface area contributed by atoms with E-state index in [-0.39, 0.29) is 0 Å². The molecule has 0 bridgehead atoms. The summed E-state index contributed by atoms with van der Waals surface area (Å²) in [7, 11) is 0. The highest BCUT2D eigenvalue weighted by molar-refractivity contribution is 5.05. The fourth-order valence-corrected chi connectivity index (χ4v) is 0.451. The Morgan fingerprint density at radius 2 is 2.43 bits per heavy atom. The Morgan fingerprint density at radius 1 is 1.71 bits per heavy atom. The Balaban J connectivity index is 3.12. The van der Waals surface area contributed by atoms with Crippen LogP contribution in [0.5, 0.6) is 0 Å². The van der Waals surface area contributed by atoms with Crippen LogP contribution in [0.1, 0.15) is 5.69 Å². The third-order valence-corrected chi connectivity index (χ3v) is 0.907. The summed E-state index contributed by atoms with van der Waals surface area (Å²) in [5.41, 5.74) is 0.750. The summed E-state index contributed by atoms with van der Waals surface area (Å²) >= 11 is 0. The van der Waals surface area contributed by atoms with Crippen LogP contribution in [0.2, 0.25) is 0 Å². The number of nitrogens with zero attached hydrogens (tertiary/aromatic N) is 1. The highest BCUT2D eigenvalue weighted by Crippen LogP contribution is 1.94. The molecular weight excluding hydrogens is 90.1 g/mol. The zero-order valence-electron chi connectivity index (χ0n) is 4.09. The molecule has 0 N–H and O–H groups in total. The molecule has 1 heterocycles. The average molecular weight is 96.1 g/mol. The molecule has 0 aliphatic heterocycles. The molecule has 0 atom stereocenters. The van der Waals surface area contributed by atoms with Crippen molar-refractivity contribution >= 4 is 0 Å². The van der Waals surface area contributed by atoms with E-state index in [9.17, 15) is 5.21 Å². The molecular formula is C5H6NO-. The summed E-state index contributed by atoms with van der Waals surface area (Å²) in [6.45, 7) is 1.77. The lowest BCUT2D eigenvalue weighted by molar-refractivity contribution is 1.03. The molecule has 2 heteroatoms. The molecule has 7 heavy (non-hydrogen) atoms. The highest BCUT2D eigenvalue weighted by atomic mass is 16.5. The van der Waals surface area contributed by atoms with Crippen molar-refractivity contribution in [2.24, 2.45) is 0 Å². The third kappa shape index (κ3) is 0.585. The number of aryl methyl sites for hydroxylation is 1. The minimum atomic E-state index is 0.750. The summed E-state index contributed by atoms with van der Waals surface area (Å²) in [6.07, 6.45) is 1.48. The van der Waals surface area contributed by atoms with E-state index in [1.54, 1.807) is 19.1 Å². The van der Waals surface area contributed by atoms with Crippen LogP contribution >= 0.6 is 0 Å². The van der Waals surface area contributed by atoms with Gasteiger partial charge in [-0.3, -0.25) is 0 Å². The van der Waals surface area contributed by atoms with Crippen LogP contribution < -0.4 is 0 Å². The second kappa shape index (κ2) is 1.30. The first kappa shape index (κ1) is 4.24. The van der Waals surface area contributed by atoms with Gasteiger partial charge in [0.05, 0.1) is 0 Å². The lowest BCUT2D eigenvalue weighted by atomic mass is 10.5. The Kier molecular flexibility index (Phi) is 0.785. The Bertz CT molecular complexity index is 140. The van der Waals surface area contributed by atoms with Crippen molar-refractivity contribution < 1.29 is 0 Å². The molecule has 1 aromatic rings. The van der Waals surface area contributed by atoms with Crippen molar-refractivity contribution in [1.29, 1.82) is 0 Å². The summed E-state index contributed by atoms with van der Waals surface area (Å²) in [6, 6.07) is 3.50. The minimum Gasteiger partial charge on any atom is -0.806 e. The standard InChI is InChI=1S/C5H6NO/c1-5-3-2-4-6(5)7/h2-4H,1H3/q-1. The van der Waals surface area contributed by atoms with Crippen molar-refractivity contribution in [3.63, 3.8) is 0 Å². The molecule has 0 aliphatic carbocycles. The smallest absolute Gasteiger partial charge is 0.00941 e. The molecule has 2 nitrogen and oxygen atoms in total. The van der Waals surface area contributed by atoms with Gasteiger partial charge in [-0.25, -0.2) is 0 Å². The van der Waals surface area contributed by atoms with Crippen LogP contribution in [-0.2, 0) is 0 Å².